The number of ether oxygens (including phenoxy) is 1. The summed E-state index contributed by atoms with van der Waals surface area (Å²) in [7, 11) is 1.52. The molecule has 0 aromatic heterocycles. The van der Waals surface area contributed by atoms with Crippen molar-refractivity contribution in [2.45, 2.75) is 6.42 Å². The Morgan fingerprint density at radius 2 is 2.33 bits per heavy atom. The summed E-state index contributed by atoms with van der Waals surface area (Å²) >= 11 is 0. The second-order valence-corrected chi connectivity index (χ2v) is 3.90. The van der Waals surface area contributed by atoms with Crippen LogP contribution in [-0.4, -0.2) is 32.0 Å². The quantitative estimate of drug-likeness (QED) is 0.791. The smallest absolute Gasteiger partial charge is 0.240 e. The molecule has 0 spiro atoms. The van der Waals surface area contributed by atoms with Gasteiger partial charge in [0.25, 0.3) is 0 Å². The molecule has 6 nitrogen and oxygen atoms in total. The van der Waals surface area contributed by atoms with Gasteiger partial charge in [-0.3, -0.25) is 9.59 Å². The van der Waals surface area contributed by atoms with Gasteiger partial charge in [-0.05, 0) is 12.1 Å². The van der Waals surface area contributed by atoms with Crippen molar-refractivity contribution in [2.24, 2.45) is 5.73 Å². The fraction of sp³-hybridized carbons (Fsp3) is 0.333. The van der Waals surface area contributed by atoms with Gasteiger partial charge < -0.3 is 20.7 Å². The van der Waals surface area contributed by atoms with E-state index < -0.39 is 0 Å². The Kier molecular flexibility index (Phi) is 3.47. The lowest BCUT2D eigenvalue weighted by Gasteiger charge is -2.22. The second-order valence-electron chi connectivity index (χ2n) is 3.90. The molecule has 0 saturated carbocycles. The van der Waals surface area contributed by atoms with Crippen LogP contribution < -0.4 is 20.7 Å². The highest BCUT2D eigenvalue weighted by Crippen LogP contribution is 2.36. The SMILES string of the molecule is COc1cccc2c1NC(=O)CCN2C(=O)CN. The number of carbonyl (C=O) groups excluding carboxylic acids is 2. The fourth-order valence-electron chi connectivity index (χ4n) is 1.95. The molecular weight excluding hydrogens is 234 g/mol. The normalized spacial score (nSPS) is 14.6. The number of rotatable bonds is 2. The van der Waals surface area contributed by atoms with E-state index in [4.69, 9.17) is 10.5 Å². The Morgan fingerprint density at radius 3 is 3.00 bits per heavy atom. The van der Waals surface area contributed by atoms with Crippen LogP contribution in [-0.2, 0) is 9.59 Å². The molecule has 0 fully saturated rings. The minimum absolute atomic E-state index is 0.0924. The number of para-hydroxylation sites is 1. The van der Waals surface area contributed by atoms with Gasteiger partial charge in [0, 0.05) is 13.0 Å². The van der Waals surface area contributed by atoms with E-state index in [1.54, 1.807) is 18.2 Å². The molecule has 0 radical (unpaired) electrons. The number of hydrogen-bond acceptors (Lipinski definition) is 4. The molecule has 1 heterocycles. The van der Waals surface area contributed by atoms with Gasteiger partial charge in [-0.2, -0.15) is 0 Å². The van der Waals surface area contributed by atoms with Crippen molar-refractivity contribution in [2.75, 3.05) is 30.4 Å². The Bertz CT molecular complexity index is 487. The van der Waals surface area contributed by atoms with Gasteiger partial charge in [0.1, 0.15) is 11.4 Å². The van der Waals surface area contributed by atoms with E-state index in [-0.39, 0.29) is 24.8 Å². The van der Waals surface area contributed by atoms with Crippen LogP contribution in [0.2, 0.25) is 0 Å². The molecule has 1 aromatic rings. The number of fused-ring (bicyclic) bond motifs is 1. The maximum absolute atomic E-state index is 11.8. The van der Waals surface area contributed by atoms with Gasteiger partial charge >= 0.3 is 0 Å². The first kappa shape index (κ1) is 12.4. The van der Waals surface area contributed by atoms with Gasteiger partial charge in [0.05, 0.1) is 19.3 Å². The predicted molar refractivity (Wildman–Crippen MR) is 67.6 cm³/mol. The maximum Gasteiger partial charge on any atom is 0.240 e. The molecule has 0 unspecified atom stereocenters. The molecular formula is C12H15N3O3. The molecule has 96 valence electrons. The van der Waals surface area contributed by atoms with Gasteiger partial charge in [-0.25, -0.2) is 0 Å². The first-order valence-corrected chi connectivity index (χ1v) is 5.64. The van der Waals surface area contributed by atoms with Crippen molar-refractivity contribution < 1.29 is 14.3 Å². The topological polar surface area (TPSA) is 84.7 Å². The average Bonchev–Trinajstić information content (AvgIpc) is 2.56. The van der Waals surface area contributed by atoms with E-state index in [0.717, 1.165) is 0 Å². The molecule has 1 aromatic carbocycles. The van der Waals surface area contributed by atoms with Gasteiger partial charge in [0.2, 0.25) is 11.8 Å². The highest BCUT2D eigenvalue weighted by molar-refractivity contribution is 6.05. The highest BCUT2D eigenvalue weighted by Gasteiger charge is 2.25. The Labute approximate surface area is 105 Å². The van der Waals surface area contributed by atoms with Crippen LogP contribution in [0.3, 0.4) is 0 Å². The first-order chi connectivity index (χ1) is 8.67. The third-order valence-corrected chi connectivity index (χ3v) is 2.82. The number of carbonyl (C=O) groups is 2. The third kappa shape index (κ3) is 2.14. The largest absolute Gasteiger partial charge is 0.494 e. The average molecular weight is 249 g/mol. The van der Waals surface area contributed by atoms with E-state index in [1.807, 2.05) is 0 Å². The summed E-state index contributed by atoms with van der Waals surface area (Å²) in [5.74, 6) is 0.159. The summed E-state index contributed by atoms with van der Waals surface area (Å²) in [5, 5.41) is 2.75. The van der Waals surface area contributed by atoms with Crippen molar-refractivity contribution in [1.29, 1.82) is 0 Å². The lowest BCUT2D eigenvalue weighted by atomic mass is 10.2. The lowest BCUT2D eigenvalue weighted by Crippen LogP contribution is -2.36. The van der Waals surface area contributed by atoms with Crippen molar-refractivity contribution in [3.8, 4) is 5.75 Å². The van der Waals surface area contributed by atoms with E-state index in [1.165, 1.54) is 12.0 Å². The Balaban J connectivity index is 2.52. The fourth-order valence-corrected chi connectivity index (χ4v) is 1.95. The zero-order valence-electron chi connectivity index (χ0n) is 10.1. The minimum Gasteiger partial charge on any atom is -0.494 e. The molecule has 2 rings (SSSR count). The van der Waals surface area contributed by atoms with Crippen LogP contribution in [0.5, 0.6) is 5.75 Å². The summed E-state index contributed by atoms with van der Waals surface area (Å²) < 4.78 is 5.19. The predicted octanol–water partition coefficient (Wildman–Crippen LogP) is 0.329. The summed E-state index contributed by atoms with van der Waals surface area (Å²) in [6.07, 6.45) is 0.240. The van der Waals surface area contributed by atoms with Crippen LogP contribution in [0, 0.1) is 0 Å². The number of nitrogens with one attached hydrogen (secondary N) is 1. The minimum atomic E-state index is -0.221. The summed E-state index contributed by atoms with van der Waals surface area (Å²) in [4.78, 5) is 25.0. The van der Waals surface area contributed by atoms with E-state index in [2.05, 4.69) is 5.32 Å². The molecule has 0 atom stereocenters. The number of nitrogens with zero attached hydrogens (tertiary/aromatic N) is 1. The maximum atomic E-state index is 11.8. The van der Waals surface area contributed by atoms with Crippen molar-refractivity contribution in [3.05, 3.63) is 18.2 Å². The molecule has 0 aliphatic carbocycles. The molecule has 1 aliphatic heterocycles. The first-order valence-electron chi connectivity index (χ1n) is 5.64. The monoisotopic (exact) mass is 249 g/mol. The van der Waals surface area contributed by atoms with Crippen LogP contribution in [0.25, 0.3) is 0 Å². The summed E-state index contributed by atoms with van der Waals surface area (Å²) in [5.41, 5.74) is 6.53. The summed E-state index contributed by atoms with van der Waals surface area (Å²) in [6.45, 7) is 0.229. The van der Waals surface area contributed by atoms with E-state index in [0.29, 0.717) is 23.7 Å². The Morgan fingerprint density at radius 1 is 1.56 bits per heavy atom. The van der Waals surface area contributed by atoms with Gasteiger partial charge in [-0.1, -0.05) is 6.07 Å². The number of methoxy groups -OCH3 is 1. The van der Waals surface area contributed by atoms with Crippen LogP contribution in [0.15, 0.2) is 18.2 Å². The van der Waals surface area contributed by atoms with E-state index in [9.17, 15) is 9.59 Å². The van der Waals surface area contributed by atoms with Crippen molar-refractivity contribution in [3.63, 3.8) is 0 Å². The molecule has 6 heteroatoms. The molecule has 18 heavy (non-hydrogen) atoms. The number of amides is 2. The number of anilines is 2. The standard InChI is InChI=1S/C12H15N3O3/c1-18-9-4-2-3-8-12(9)14-10(16)5-6-15(8)11(17)7-13/h2-4H,5-7,13H2,1H3,(H,14,16). The molecule has 0 saturated heterocycles. The van der Waals surface area contributed by atoms with Gasteiger partial charge in [0.15, 0.2) is 0 Å². The number of hydrogen-bond donors (Lipinski definition) is 2. The van der Waals surface area contributed by atoms with E-state index >= 15 is 0 Å². The lowest BCUT2D eigenvalue weighted by molar-refractivity contribution is -0.117. The second kappa shape index (κ2) is 5.05. The van der Waals surface area contributed by atoms with Crippen molar-refractivity contribution in [1.82, 2.24) is 0 Å². The van der Waals surface area contributed by atoms with Crippen molar-refractivity contribution >= 4 is 23.2 Å². The number of nitrogens with two attached hydrogens (primary N) is 1. The van der Waals surface area contributed by atoms with Gasteiger partial charge in [-0.15, -0.1) is 0 Å². The highest BCUT2D eigenvalue weighted by atomic mass is 16.5. The molecule has 0 bridgehead atoms. The van der Waals surface area contributed by atoms with Crippen LogP contribution in [0.4, 0.5) is 11.4 Å². The molecule has 1 aliphatic rings. The Hall–Kier alpha value is -2.08. The van der Waals surface area contributed by atoms with Crippen LogP contribution in [0.1, 0.15) is 6.42 Å². The third-order valence-electron chi connectivity index (χ3n) is 2.82. The molecule has 3 N–H and O–H groups in total. The zero-order valence-corrected chi connectivity index (χ0v) is 10.1. The van der Waals surface area contributed by atoms with Crippen LogP contribution >= 0.6 is 0 Å². The number of benzene rings is 1. The zero-order chi connectivity index (χ0) is 13.1. The molecule has 2 amide bonds. The summed E-state index contributed by atoms with van der Waals surface area (Å²) in [6, 6.07) is 5.26.